The van der Waals surface area contributed by atoms with Crippen molar-refractivity contribution in [2.75, 3.05) is 13.1 Å². The fourth-order valence-corrected chi connectivity index (χ4v) is 3.92. The zero-order valence-corrected chi connectivity index (χ0v) is 14.9. The molecule has 130 valence electrons. The third kappa shape index (κ3) is 3.17. The second-order valence-corrected chi connectivity index (χ2v) is 8.10. The summed E-state index contributed by atoms with van der Waals surface area (Å²) in [5.74, 6) is 0.449. The van der Waals surface area contributed by atoms with Crippen LogP contribution in [-0.2, 0) is 16.1 Å². The van der Waals surface area contributed by atoms with Crippen LogP contribution >= 0.6 is 0 Å². The highest BCUT2D eigenvalue weighted by molar-refractivity contribution is 5.82. The van der Waals surface area contributed by atoms with E-state index >= 15 is 0 Å². The molecule has 2 fully saturated rings. The summed E-state index contributed by atoms with van der Waals surface area (Å²) < 4.78 is 0. The highest BCUT2D eigenvalue weighted by Crippen LogP contribution is 2.40. The number of nitrogens with zero attached hydrogens (tertiary/aromatic N) is 3. The second kappa shape index (κ2) is 6.19. The molecule has 0 aliphatic carbocycles. The van der Waals surface area contributed by atoms with Crippen molar-refractivity contribution in [3.8, 4) is 0 Å². The van der Waals surface area contributed by atoms with E-state index in [0.29, 0.717) is 13.0 Å². The van der Waals surface area contributed by atoms with Crippen molar-refractivity contribution in [1.82, 2.24) is 14.8 Å². The molecule has 0 radical (unpaired) electrons. The molecule has 1 spiro atoms. The molecule has 2 saturated heterocycles. The minimum atomic E-state index is -0.341. The van der Waals surface area contributed by atoms with Crippen molar-refractivity contribution >= 4 is 11.8 Å². The topological polar surface area (TPSA) is 53.5 Å². The number of likely N-dealkylation sites (tertiary alicyclic amines) is 2. The normalized spacial score (nSPS) is 20.7. The van der Waals surface area contributed by atoms with Gasteiger partial charge >= 0.3 is 0 Å². The van der Waals surface area contributed by atoms with Crippen LogP contribution in [0.1, 0.15) is 52.0 Å². The fraction of sp³-hybridized carbons (Fsp3) is 0.632. The van der Waals surface area contributed by atoms with E-state index in [1.165, 1.54) is 0 Å². The number of hydrogen-bond acceptors (Lipinski definition) is 3. The molecular formula is C19H27N3O2. The molecule has 0 atom stereocenters. The molecular weight excluding hydrogens is 302 g/mol. The van der Waals surface area contributed by atoms with Crippen LogP contribution in [0.25, 0.3) is 0 Å². The van der Waals surface area contributed by atoms with Gasteiger partial charge in [-0.25, -0.2) is 0 Å². The van der Waals surface area contributed by atoms with E-state index in [9.17, 15) is 9.59 Å². The third-order valence-corrected chi connectivity index (χ3v) is 5.39. The quantitative estimate of drug-likeness (QED) is 0.838. The number of pyridine rings is 1. The molecule has 5 nitrogen and oxygen atoms in total. The highest BCUT2D eigenvalue weighted by Gasteiger charge is 2.47. The maximum absolute atomic E-state index is 12.5. The first-order chi connectivity index (χ1) is 11.3. The van der Waals surface area contributed by atoms with Gasteiger partial charge in [0.05, 0.1) is 0 Å². The van der Waals surface area contributed by atoms with E-state index in [4.69, 9.17) is 0 Å². The zero-order chi connectivity index (χ0) is 17.4. The molecule has 0 aromatic carbocycles. The minimum absolute atomic E-state index is 0.0744. The summed E-state index contributed by atoms with van der Waals surface area (Å²) in [5, 5.41) is 0. The lowest BCUT2D eigenvalue weighted by atomic mass is 9.83. The number of piperidine rings is 1. The smallest absolute Gasteiger partial charge is 0.227 e. The Balaban J connectivity index is 1.71. The Labute approximate surface area is 144 Å². The molecule has 1 aromatic rings. The third-order valence-electron chi connectivity index (χ3n) is 5.39. The Morgan fingerprint density at radius 3 is 2.38 bits per heavy atom. The maximum Gasteiger partial charge on any atom is 0.227 e. The Hall–Kier alpha value is -1.91. The molecule has 2 amide bonds. The molecule has 0 unspecified atom stereocenters. The summed E-state index contributed by atoms with van der Waals surface area (Å²) in [6.07, 6.45) is 6.84. The monoisotopic (exact) mass is 329 g/mol. The molecule has 2 aliphatic heterocycles. The van der Waals surface area contributed by atoms with Gasteiger partial charge in [0, 0.05) is 49.4 Å². The lowest BCUT2D eigenvalue weighted by molar-refractivity contribution is -0.143. The van der Waals surface area contributed by atoms with E-state index in [1.807, 2.05) is 37.8 Å². The lowest BCUT2D eigenvalue weighted by Crippen LogP contribution is -2.55. The van der Waals surface area contributed by atoms with E-state index in [0.717, 1.165) is 37.9 Å². The molecule has 1 aromatic heterocycles. The van der Waals surface area contributed by atoms with Gasteiger partial charge in [0.1, 0.15) is 0 Å². The Morgan fingerprint density at radius 2 is 1.79 bits per heavy atom. The summed E-state index contributed by atoms with van der Waals surface area (Å²) in [7, 11) is 0. The average Bonchev–Trinajstić information content (AvgIpc) is 2.85. The van der Waals surface area contributed by atoms with Crippen LogP contribution in [0.2, 0.25) is 0 Å². The van der Waals surface area contributed by atoms with Crippen molar-refractivity contribution in [3.05, 3.63) is 30.1 Å². The van der Waals surface area contributed by atoms with Crippen molar-refractivity contribution in [2.24, 2.45) is 5.41 Å². The molecule has 2 aliphatic rings. The first-order valence-corrected chi connectivity index (χ1v) is 8.81. The van der Waals surface area contributed by atoms with Crippen LogP contribution in [0, 0.1) is 5.41 Å². The van der Waals surface area contributed by atoms with Gasteiger partial charge in [-0.05, 0) is 37.0 Å². The Morgan fingerprint density at radius 1 is 1.17 bits per heavy atom. The lowest BCUT2D eigenvalue weighted by Gasteiger charge is -2.46. The number of rotatable bonds is 2. The van der Waals surface area contributed by atoms with Gasteiger partial charge < -0.3 is 9.80 Å². The van der Waals surface area contributed by atoms with E-state index < -0.39 is 0 Å². The van der Waals surface area contributed by atoms with E-state index in [2.05, 4.69) is 9.88 Å². The Kier molecular flexibility index (Phi) is 4.37. The first-order valence-electron chi connectivity index (χ1n) is 8.81. The minimum Gasteiger partial charge on any atom is -0.342 e. The summed E-state index contributed by atoms with van der Waals surface area (Å²) in [6, 6.07) is 3.94. The molecule has 0 bridgehead atoms. The van der Waals surface area contributed by atoms with Crippen LogP contribution in [0.3, 0.4) is 0 Å². The number of amides is 2. The van der Waals surface area contributed by atoms with Gasteiger partial charge in [-0.1, -0.05) is 20.8 Å². The number of aromatic nitrogens is 1. The standard InChI is InChI=1S/C19H27N3O2/c1-18(2,3)17(24)21-12-8-19(9-13-21)7-4-16(23)22(19)14-15-5-10-20-11-6-15/h5-6,10-11H,4,7-9,12-14H2,1-3H3. The number of hydrogen-bond donors (Lipinski definition) is 0. The SMILES string of the molecule is CC(C)(C)C(=O)N1CCC2(CCC(=O)N2Cc2ccncc2)CC1. The van der Waals surface area contributed by atoms with Crippen molar-refractivity contribution in [3.63, 3.8) is 0 Å². The molecule has 3 heterocycles. The van der Waals surface area contributed by atoms with E-state index in [-0.39, 0.29) is 22.8 Å². The predicted molar refractivity (Wildman–Crippen MR) is 92.0 cm³/mol. The summed E-state index contributed by atoms with van der Waals surface area (Å²) in [5.41, 5.74) is 0.703. The van der Waals surface area contributed by atoms with Gasteiger partial charge in [-0.3, -0.25) is 14.6 Å². The highest BCUT2D eigenvalue weighted by atomic mass is 16.2. The molecule has 5 heteroatoms. The zero-order valence-electron chi connectivity index (χ0n) is 14.9. The van der Waals surface area contributed by atoms with Crippen LogP contribution in [0.5, 0.6) is 0 Å². The van der Waals surface area contributed by atoms with Gasteiger partial charge in [0.2, 0.25) is 11.8 Å². The van der Waals surface area contributed by atoms with Gasteiger partial charge in [-0.2, -0.15) is 0 Å². The molecule has 0 N–H and O–H groups in total. The van der Waals surface area contributed by atoms with Crippen molar-refractivity contribution < 1.29 is 9.59 Å². The average molecular weight is 329 g/mol. The van der Waals surface area contributed by atoms with Crippen LogP contribution < -0.4 is 0 Å². The van der Waals surface area contributed by atoms with Gasteiger partial charge in [0.25, 0.3) is 0 Å². The van der Waals surface area contributed by atoms with Crippen LogP contribution in [0.15, 0.2) is 24.5 Å². The van der Waals surface area contributed by atoms with Gasteiger partial charge in [0.15, 0.2) is 0 Å². The van der Waals surface area contributed by atoms with Crippen molar-refractivity contribution in [1.29, 1.82) is 0 Å². The summed E-state index contributed by atoms with van der Waals surface area (Å²) in [4.78, 5) is 33.0. The first kappa shape index (κ1) is 16.9. The van der Waals surface area contributed by atoms with Crippen molar-refractivity contribution in [2.45, 2.75) is 58.5 Å². The fourth-order valence-electron chi connectivity index (χ4n) is 3.92. The summed E-state index contributed by atoms with van der Waals surface area (Å²) in [6.45, 7) is 8.04. The Bertz CT molecular complexity index is 613. The summed E-state index contributed by atoms with van der Waals surface area (Å²) >= 11 is 0. The van der Waals surface area contributed by atoms with Crippen LogP contribution in [-0.4, -0.2) is 45.2 Å². The molecule has 3 rings (SSSR count). The largest absolute Gasteiger partial charge is 0.342 e. The number of carbonyl (C=O) groups excluding carboxylic acids is 2. The molecule has 0 saturated carbocycles. The second-order valence-electron chi connectivity index (χ2n) is 8.10. The maximum atomic E-state index is 12.5. The van der Waals surface area contributed by atoms with Crippen LogP contribution in [0.4, 0.5) is 0 Å². The predicted octanol–water partition coefficient (Wildman–Crippen LogP) is 2.61. The molecule has 24 heavy (non-hydrogen) atoms. The van der Waals surface area contributed by atoms with Gasteiger partial charge in [-0.15, -0.1) is 0 Å². The number of carbonyl (C=O) groups is 2. The van der Waals surface area contributed by atoms with E-state index in [1.54, 1.807) is 12.4 Å².